The summed E-state index contributed by atoms with van der Waals surface area (Å²) in [7, 11) is 1.52. The third-order valence-corrected chi connectivity index (χ3v) is 1.94. The van der Waals surface area contributed by atoms with Crippen LogP contribution in [0.15, 0.2) is 12.7 Å². The fourth-order valence-corrected chi connectivity index (χ4v) is 1.16. The fourth-order valence-electron chi connectivity index (χ4n) is 1.16. The van der Waals surface area contributed by atoms with Gasteiger partial charge in [0, 0.05) is 20.2 Å². The van der Waals surface area contributed by atoms with E-state index in [4.69, 9.17) is 15.6 Å². The number of hydrogen-bond acceptors (Lipinski definition) is 4. The quantitative estimate of drug-likeness (QED) is 0.546. The summed E-state index contributed by atoms with van der Waals surface area (Å²) in [5.41, 5.74) is 5.47. The standard InChI is InChI=1S/C10H18N2O4/c1-3-4-12(5-6-16-2)10(15)8(11)7-9(13)14/h3,8H,1,4-7,11H2,2H3,(H,13,14). The van der Waals surface area contributed by atoms with Crippen molar-refractivity contribution in [2.45, 2.75) is 12.5 Å². The maximum absolute atomic E-state index is 11.7. The molecule has 16 heavy (non-hydrogen) atoms. The number of rotatable bonds is 8. The number of carboxylic acid groups (broad SMARTS) is 1. The Balaban J connectivity index is 4.34. The minimum absolute atomic E-state index is 0.329. The van der Waals surface area contributed by atoms with Crippen LogP contribution in [-0.4, -0.2) is 54.7 Å². The van der Waals surface area contributed by atoms with Crippen LogP contribution in [0.4, 0.5) is 0 Å². The molecule has 0 radical (unpaired) electrons. The minimum Gasteiger partial charge on any atom is -0.481 e. The Morgan fingerprint density at radius 3 is 2.69 bits per heavy atom. The highest BCUT2D eigenvalue weighted by Crippen LogP contribution is 1.98. The van der Waals surface area contributed by atoms with Crippen molar-refractivity contribution in [1.29, 1.82) is 0 Å². The summed E-state index contributed by atoms with van der Waals surface area (Å²) >= 11 is 0. The number of aliphatic carboxylic acids is 1. The van der Waals surface area contributed by atoms with Crippen LogP contribution >= 0.6 is 0 Å². The number of hydrogen-bond donors (Lipinski definition) is 2. The van der Waals surface area contributed by atoms with Crippen molar-refractivity contribution in [1.82, 2.24) is 4.90 Å². The molecule has 1 unspecified atom stereocenters. The van der Waals surface area contributed by atoms with Crippen LogP contribution in [0.25, 0.3) is 0 Å². The molecule has 0 fully saturated rings. The topological polar surface area (TPSA) is 92.9 Å². The van der Waals surface area contributed by atoms with Crippen LogP contribution < -0.4 is 5.73 Å². The van der Waals surface area contributed by atoms with Crippen LogP contribution in [0.1, 0.15) is 6.42 Å². The summed E-state index contributed by atoms with van der Waals surface area (Å²) in [6.07, 6.45) is 1.18. The lowest BCUT2D eigenvalue weighted by Gasteiger charge is -2.23. The second kappa shape index (κ2) is 7.84. The fraction of sp³-hybridized carbons (Fsp3) is 0.600. The summed E-state index contributed by atoms with van der Waals surface area (Å²) in [5, 5.41) is 8.52. The summed E-state index contributed by atoms with van der Waals surface area (Å²) in [5.74, 6) is -1.49. The monoisotopic (exact) mass is 230 g/mol. The number of ether oxygens (including phenoxy) is 1. The van der Waals surface area contributed by atoms with Crippen LogP contribution in [0.2, 0.25) is 0 Å². The molecular weight excluding hydrogens is 212 g/mol. The highest BCUT2D eigenvalue weighted by atomic mass is 16.5. The second-order valence-electron chi connectivity index (χ2n) is 3.27. The molecule has 0 heterocycles. The Morgan fingerprint density at radius 1 is 1.62 bits per heavy atom. The molecule has 0 bridgehead atoms. The van der Waals surface area contributed by atoms with Gasteiger partial charge in [-0.05, 0) is 0 Å². The number of carbonyl (C=O) groups excluding carboxylic acids is 1. The lowest BCUT2D eigenvalue weighted by atomic mass is 10.2. The van der Waals surface area contributed by atoms with Crippen LogP contribution in [0.3, 0.4) is 0 Å². The Bertz CT molecular complexity index is 255. The molecule has 1 amide bonds. The predicted octanol–water partition coefficient (Wildman–Crippen LogP) is -0.551. The zero-order valence-corrected chi connectivity index (χ0v) is 9.39. The molecule has 0 aliphatic carbocycles. The van der Waals surface area contributed by atoms with Gasteiger partial charge in [-0.15, -0.1) is 6.58 Å². The first-order chi connectivity index (χ1) is 7.52. The molecule has 0 aromatic carbocycles. The van der Waals surface area contributed by atoms with Gasteiger partial charge >= 0.3 is 5.97 Å². The Hall–Kier alpha value is -1.40. The maximum atomic E-state index is 11.7. The van der Waals surface area contributed by atoms with Crippen molar-refractivity contribution in [2.75, 3.05) is 26.8 Å². The lowest BCUT2D eigenvalue weighted by molar-refractivity contribution is -0.142. The number of carbonyl (C=O) groups is 2. The van der Waals surface area contributed by atoms with Crippen molar-refractivity contribution >= 4 is 11.9 Å². The van der Waals surface area contributed by atoms with Gasteiger partial charge in [-0.3, -0.25) is 9.59 Å². The van der Waals surface area contributed by atoms with Crippen LogP contribution in [0, 0.1) is 0 Å². The van der Waals surface area contributed by atoms with Crippen molar-refractivity contribution in [2.24, 2.45) is 5.73 Å². The summed E-state index contributed by atoms with van der Waals surface area (Å²) in [6.45, 7) is 4.59. The normalized spacial score (nSPS) is 11.9. The summed E-state index contributed by atoms with van der Waals surface area (Å²) < 4.78 is 4.84. The van der Waals surface area contributed by atoms with E-state index in [1.165, 1.54) is 12.0 Å². The highest BCUT2D eigenvalue weighted by Gasteiger charge is 2.22. The van der Waals surface area contributed by atoms with Gasteiger partial charge in [0.15, 0.2) is 0 Å². The summed E-state index contributed by atoms with van der Waals surface area (Å²) in [4.78, 5) is 23.5. The third kappa shape index (κ3) is 5.47. The van der Waals surface area contributed by atoms with Crippen molar-refractivity contribution < 1.29 is 19.4 Å². The molecule has 0 spiro atoms. The van der Waals surface area contributed by atoms with E-state index in [0.29, 0.717) is 19.7 Å². The highest BCUT2D eigenvalue weighted by molar-refractivity contribution is 5.86. The van der Waals surface area contributed by atoms with E-state index in [9.17, 15) is 9.59 Å². The van der Waals surface area contributed by atoms with Crippen LogP contribution in [0.5, 0.6) is 0 Å². The van der Waals surface area contributed by atoms with E-state index in [1.807, 2.05) is 0 Å². The number of carboxylic acids is 1. The van der Waals surface area contributed by atoms with E-state index in [0.717, 1.165) is 0 Å². The maximum Gasteiger partial charge on any atom is 0.305 e. The molecule has 0 aromatic rings. The molecular formula is C10H18N2O4. The Morgan fingerprint density at radius 2 is 2.25 bits per heavy atom. The van der Waals surface area contributed by atoms with Gasteiger partial charge in [-0.25, -0.2) is 0 Å². The molecule has 3 N–H and O–H groups in total. The molecule has 0 saturated heterocycles. The minimum atomic E-state index is -1.09. The molecule has 92 valence electrons. The zero-order chi connectivity index (χ0) is 12.6. The van der Waals surface area contributed by atoms with Crippen molar-refractivity contribution in [3.8, 4) is 0 Å². The van der Waals surface area contributed by atoms with Gasteiger partial charge in [0.2, 0.25) is 5.91 Å². The van der Waals surface area contributed by atoms with Gasteiger partial charge < -0.3 is 20.5 Å². The number of amides is 1. The summed E-state index contributed by atoms with van der Waals surface area (Å²) in [6, 6.07) is -1.02. The average molecular weight is 230 g/mol. The molecule has 0 saturated carbocycles. The molecule has 0 aromatic heterocycles. The Kier molecular flexibility index (Phi) is 7.15. The smallest absolute Gasteiger partial charge is 0.305 e. The van der Waals surface area contributed by atoms with Crippen molar-refractivity contribution in [3.05, 3.63) is 12.7 Å². The third-order valence-electron chi connectivity index (χ3n) is 1.94. The van der Waals surface area contributed by atoms with Gasteiger partial charge in [0.1, 0.15) is 0 Å². The first-order valence-corrected chi connectivity index (χ1v) is 4.89. The average Bonchev–Trinajstić information content (AvgIpc) is 2.22. The van der Waals surface area contributed by atoms with Gasteiger partial charge in [-0.2, -0.15) is 0 Å². The second-order valence-corrected chi connectivity index (χ2v) is 3.27. The molecule has 0 aliphatic heterocycles. The Labute approximate surface area is 94.7 Å². The molecule has 6 heteroatoms. The first-order valence-electron chi connectivity index (χ1n) is 4.89. The van der Waals surface area contributed by atoms with Gasteiger partial charge in [0.05, 0.1) is 19.1 Å². The van der Waals surface area contributed by atoms with E-state index in [1.54, 1.807) is 6.08 Å². The molecule has 0 rings (SSSR count). The lowest BCUT2D eigenvalue weighted by Crippen LogP contribution is -2.46. The largest absolute Gasteiger partial charge is 0.481 e. The number of nitrogens with zero attached hydrogens (tertiary/aromatic N) is 1. The van der Waals surface area contributed by atoms with Crippen LogP contribution in [-0.2, 0) is 14.3 Å². The number of methoxy groups -OCH3 is 1. The van der Waals surface area contributed by atoms with Gasteiger partial charge in [0.25, 0.3) is 0 Å². The van der Waals surface area contributed by atoms with E-state index in [2.05, 4.69) is 6.58 Å². The van der Waals surface area contributed by atoms with Gasteiger partial charge in [-0.1, -0.05) is 6.08 Å². The first kappa shape index (κ1) is 14.6. The predicted molar refractivity (Wildman–Crippen MR) is 58.9 cm³/mol. The number of nitrogens with two attached hydrogens (primary N) is 1. The van der Waals surface area contributed by atoms with E-state index >= 15 is 0 Å². The molecule has 6 nitrogen and oxygen atoms in total. The molecule has 1 atom stereocenters. The molecule has 0 aliphatic rings. The zero-order valence-electron chi connectivity index (χ0n) is 9.39. The van der Waals surface area contributed by atoms with E-state index < -0.39 is 17.9 Å². The van der Waals surface area contributed by atoms with E-state index in [-0.39, 0.29) is 6.42 Å². The van der Waals surface area contributed by atoms with Crippen molar-refractivity contribution in [3.63, 3.8) is 0 Å². The SMILES string of the molecule is C=CCN(CCOC)C(=O)C(N)CC(=O)O.